The van der Waals surface area contributed by atoms with Gasteiger partial charge in [-0.1, -0.05) is 41.5 Å². The van der Waals surface area contributed by atoms with E-state index in [0.717, 1.165) is 17.3 Å². The van der Waals surface area contributed by atoms with Crippen LogP contribution in [0.4, 0.5) is 5.82 Å². The number of halogens is 2. The second-order valence-corrected chi connectivity index (χ2v) is 6.22. The van der Waals surface area contributed by atoms with Crippen LogP contribution >= 0.6 is 46.3 Å². The Bertz CT molecular complexity index is 519. The van der Waals surface area contributed by atoms with Crippen LogP contribution < -0.4 is 5.32 Å². The average Bonchev–Trinajstić information content (AvgIpc) is 2.84. The van der Waals surface area contributed by atoms with Crippen LogP contribution in [0.25, 0.3) is 0 Å². The first kappa shape index (κ1) is 13.9. The number of anilines is 1. The van der Waals surface area contributed by atoms with Crippen molar-refractivity contribution < 1.29 is 0 Å². The molecule has 2 heterocycles. The summed E-state index contributed by atoms with van der Waals surface area (Å²) in [6.45, 7) is 2.89. The van der Waals surface area contributed by atoms with Crippen molar-refractivity contribution in [1.82, 2.24) is 15.2 Å². The van der Waals surface area contributed by atoms with E-state index in [0.29, 0.717) is 20.9 Å². The molecular weight excluding hydrogens is 311 g/mol. The van der Waals surface area contributed by atoms with Crippen molar-refractivity contribution in [2.24, 2.45) is 0 Å². The van der Waals surface area contributed by atoms with Gasteiger partial charge in [0.25, 0.3) is 0 Å². The standard InChI is InChI=1S/C10H10Cl2N4S2/c1-2-3-13-8-6(11)4-7(12)9(15-8)18-10-16-14-5-17-10/h4-5H,2-3H2,1H3,(H,13,15). The summed E-state index contributed by atoms with van der Waals surface area (Å²) in [6.07, 6.45) is 1.000. The van der Waals surface area contributed by atoms with Crippen molar-refractivity contribution in [3.05, 3.63) is 21.6 Å². The fourth-order valence-electron chi connectivity index (χ4n) is 1.18. The molecule has 0 unspecified atom stereocenters. The highest BCUT2D eigenvalue weighted by Crippen LogP contribution is 2.36. The second kappa shape index (κ2) is 6.56. The van der Waals surface area contributed by atoms with Crippen LogP contribution in [0.3, 0.4) is 0 Å². The average molecular weight is 321 g/mol. The number of hydrogen-bond donors (Lipinski definition) is 1. The summed E-state index contributed by atoms with van der Waals surface area (Å²) in [5.41, 5.74) is 1.67. The third-order valence-electron chi connectivity index (χ3n) is 1.96. The molecule has 96 valence electrons. The molecule has 0 spiro atoms. The number of hydrogen-bond acceptors (Lipinski definition) is 6. The normalized spacial score (nSPS) is 10.6. The van der Waals surface area contributed by atoms with Crippen molar-refractivity contribution >= 4 is 52.1 Å². The summed E-state index contributed by atoms with van der Waals surface area (Å²) < 4.78 is 0.799. The topological polar surface area (TPSA) is 50.7 Å². The molecule has 0 aromatic carbocycles. The number of nitrogens with one attached hydrogen (secondary N) is 1. The number of nitrogens with zero attached hydrogens (tertiary/aromatic N) is 3. The van der Waals surface area contributed by atoms with Gasteiger partial charge >= 0.3 is 0 Å². The molecule has 2 aromatic heterocycles. The highest BCUT2D eigenvalue weighted by Gasteiger charge is 2.11. The van der Waals surface area contributed by atoms with E-state index in [1.807, 2.05) is 0 Å². The van der Waals surface area contributed by atoms with Gasteiger partial charge in [0, 0.05) is 6.54 Å². The van der Waals surface area contributed by atoms with Crippen LogP contribution in [-0.4, -0.2) is 21.7 Å². The molecule has 0 bridgehead atoms. The summed E-state index contributed by atoms with van der Waals surface area (Å²) in [5, 5.41) is 12.6. The summed E-state index contributed by atoms with van der Waals surface area (Å²) in [6, 6.07) is 1.69. The highest BCUT2D eigenvalue weighted by atomic mass is 35.5. The van der Waals surface area contributed by atoms with Crippen LogP contribution in [0.1, 0.15) is 13.3 Å². The molecule has 0 saturated carbocycles. The minimum atomic E-state index is 0.516. The van der Waals surface area contributed by atoms with E-state index >= 15 is 0 Å². The van der Waals surface area contributed by atoms with E-state index < -0.39 is 0 Å². The zero-order valence-electron chi connectivity index (χ0n) is 9.48. The van der Waals surface area contributed by atoms with E-state index in [1.165, 1.54) is 23.1 Å². The molecule has 0 amide bonds. The molecular formula is C10H10Cl2N4S2. The monoisotopic (exact) mass is 320 g/mol. The third-order valence-corrected chi connectivity index (χ3v) is 4.43. The lowest BCUT2D eigenvalue weighted by Gasteiger charge is -2.09. The SMILES string of the molecule is CCCNc1nc(Sc2nncs2)c(Cl)cc1Cl. The molecule has 1 N–H and O–H groups in total. The Hall–Kier alpha value is -0.560. The van der Waals surface area contributed by atoms with Gasteiger partial charge in [-0.15, -0.1) is 10.2 Å². The smallest absolute Gasteiger partial charge is 0.180 e. The Morgan fingerprint density at radius 3 is 2.89 bits per heavy atom. The number of pyridine rings is 1. The lowest BCUT2D eigenvalue weighted by Crippen LogP contribution is -2.03. The highest BCUT2D eigenvalue weighted by molar-refractivity contribution is 8.01. The van der Waals surface area contributed by atoms with Crippen molar-refractivity contribution in [2.75, 3.05) is 11.9 Å². The zero-order valence-corrected chi connectivity index (χ0v) is 12.6. The molecule has 18 heavy (non-hydrogen) atoms. The zero-order chi connectivity index (χ0) is 13.0. The second-order valence-electron chi connectivity index (χ2n) is 3.34. The van der Waals surface area contributed by atoms with Crippen LogP contribution in [0, 0.1) is 0 Å². The fourth-order valence-corrected chi connectivity index (χ4v) is 3.10. The van der Waals surface area contributed by atoms with Crippen molar-refractivity contribution in [1.29, 1.82) is 0 Å². The van der Waals surface area contributed by atoms with Crippen LogP contribution in [-0.2, 0) is 0 Å². The molecule has 0 atom stereocenters. The summed E-state index contributed by atoms with van der Waals surface area (Å²) in [5.74, 6) is 0.648. The molecule has 0 radical (unpaired) electrons. The predicted molar refractivity (Wildman–Crippen MR) is 77.1 cm³/mol. The lowest BCUT2D eigenvalue weighted by atomic mass is 10.4. The van der Waals surface area contributed by atoms with Gasteiger partial charge in [0.2, 0.25) is 0 Å². The van der Waals surface area contributed by atoms with E-state index in [2.05, 4.69) is 27.4 Å². The number of aromatic nitrogens is 3. The molecule has 4 nitrogen and oxygen atoms in total. The van der Waals surface area contributed by atoms with E-state index in [9.17, 15) is 0 Å². The van der Waals surface area contributed by atoms with Gasteiger partial charge in [-0.05, 0) is 24.2 Å². The Kier molecular flexibility index (Phi) is 5.05. The van der Waals surface area contributed by atoms with E-state index in [1.54, 1.807) is 11.6 Å². The molecule has 0 aliphatic heterocycles. The largest absolute Gasteiger partial charge is 0.369 e. The van der Waals surface area contributed by atoms with Gasteiger partial charge in [-0.2, -0.15) is 0 Å². The fraction of sp³-hybridized carbons (Fsp3) is 0.300. The Balaban J connectivity index is 2.23. The molecule has 2 aromatic rings. The van der Waals surface area contributed by atoms with Crippen LogP contribution in [0.2, 0.25) is 10.0 Å². The molecule has 8 heteroatoms. The van der Waals surface area contributed by atoms with Gasteiger partial charge in [0.1, 0.15) is 16.4 Å². The van der Waals surface area contributed by atoms with Gasteiger partial charge in [0.15, 0.2) is 4.34 Å². The Labute approximate surface area is 123 Å². The molecule has 0 aliphatic carbocycles. The summed E-state index contributed by atoms with van der Waals surface area (Å²) >= 11 is 15.0. The predicted octanol–water partition coefficient (Wildman–Crippen LogP) is 4.21. The molecule has 0 saturated heterocycles. The summed E-state index contributed by atoms with van der Waals surface area (Å²) in [4.78, 5) is 4.41. The third kappa shape index (κ3) is 3.47. The minimum absolute atomic E-state index is 0.516. The van der Waals surface area contributed by atoms with Crippen molar-refractivity contribution in [3.63, 3.8) is 0 Å². The van der Waals surface area contributed by atoms with Crippen LogP contribution in [0.15, 0.2) is 20.9 Å². The Morgan fingerprint density at radius 2 is 2.22 bits per heavy atom. The maximum Gasteiger partial charge on any atom is 0.180 e. The van der Waals surface area contributed by atoms with Gasteiger partial charge in [-0.25, -0.2) is 4.98 Å². The molecule has 2 rings (SSSR count). The molecule has 0 fully saturated rings. The summed E-state index contributed by atoms with van der Waals surface area (Å²) in [7, 11) is 0. The van der Waals surface area contributed by atoms with Gasteiger partial charge < -0.3 is 5.32 Å². The first-order valence-electron chi connectivity index (χ1n) is 5.24. The minimum Gasteiger partial charge on any atom is -0.369 e. The van der Waals surface area contributed by atoms with Gasteiger partial charge in [0.05, 0.1) is 10.0 Å². The van der Waals surface area contributed by atoms with E-state index in [4.69, 9.17) is 23.2 Å². The maximum absolute atomic E-state index is 6.11. The first-order valence-corrected chi connectivity index (χ1v) is 7.70. The first-order chi connectivity index (χ1) is 8.70. The van der Waals surface area contributed by atoms with Gasteiger partial charge in [-0.3, -0.25) is 0 Å². The van der Waals surface area contributed by atoms with Crippen LogP contribution in [0.5, 0.6) is 0 Å². The number of rotatable bonds is 5. The van der Waals surface area contributed by atoms with Crippen molar-refractivity contribution in [2.45, 2.75) is 22.7 Å². The Morgan fingerprint density at radius 1 is 1.39 bits per heavy atom. The van der Waals surface area contributed by atoms with E-state index in [-0.39, 0.29) is 0 Å². The molecule has 0 aliphatic rings. The quantitative estimate of drug-likeness (QED) is 0.894. The lowest BCUT2D eigenvalue weighted by molar-refractivity contribution is 0.958. The maximum atomic E-state index is 6.11. The van der Waals surface area contributed by atoms with Crippen molar-refractivity contribution in [3.8, 4) is 0 Å².